The largest absolute Gasteiger partial charge is 0.481 e. The second-order valence-electron chi connectivity index (χ2n) is 6.36. The highest BCUT2D eigenvalue weighted by Gasteiger charge is 2.22. The number of rotatable bonds is 8. The third-order valence-corrected chi connectivity index (χ3v) is 5.81. The van der Waals surface area contributed by atoms with Gasteiger partial charge in [-0.15, -0.1) is 0 Å². The molecule has 2 atom stereocenters. The number of hydrogen-bond donors (Lipinski definition) is 3. The van der Waals surface area contributed by atoms with E-state index in [1.54, 1.807) is 32.9 Å². The number of carboxylic acid groups (broad SMARTS) is 1. The molecule has 1 aromatic carbocycles. The van der Waals surface area contributed by atoms with Crippen molar-refractivity contribution in [1.29, 1.82) is 0 Å². The van der Waals surface area contributed by atoms with Crippen LogP contribution in [0.3, 0.4) is 0 Å². The third-order valence-electron chi connectivity index (χ3n) is 4.05. The van der Waals surface area contributed by atoms with Crippen LogP contribution in [0.25, 0.3) is 0 Å². The highest BCUT2D eigenvalue weighted by molar-refractivity contribution is 7.89. The number of amides is 1. The van der Waals surface area contributed by atoms with Crippen LogP contribution in [0, 0.1) is 26.7 Å². The van der Waals surface area contributed by atoms with E-state index in [-0.39, 0.29) is 17.9 Å². The minimum absolute atomic E-state index is 0.0604. The van der Waals surface area contributed by atoms with E-state index in [1.807, 2.05) is 6.92 Å². The van der Waals surface area contributed by atoms with E-state index >= 15 is 0 Å². The predicted octanol–water partition coefficient (Wildman–Crippen LogP) is 1.51. The van der Waals surface area contributed by atoms with Crippen LogP contribution in [-0.4, -0.2) is 38.0 Å². The molecule has 0 aliphatic carbocycles. The number of carboxylic acids is 1. The van der Waals surface area contributed by atoms with Gasteiger partial charge in [0.25, 0.3) is 0 Å². The lowest BCUT2D eigenvalue weighted by molar-refractivity contribution is -0.142. The van der Waals surface area contributed by atoms with Crippen LogP contribution in [0.2, 0.25) is 0 Å². The van der Waals surface area contributed by atoms with E-state index < -0.39 is 33.9 Å². The fourth-order valence-corrected chi connectivity index (χ4v) is 4.11. The molecular weight excluding hydrogens is 344 g/mol. The van der Waals surface area contributed by atoms with Gasteiger partial charge in [-0.3, -0.25) is 9.59 Å². The summed E-state index contributed by atoms with van der Waals surface area (Å²) in [4.78, 5) is 22.9. The van der Waals surface area contributed by atoms with Crippen LogP contribution in [0.5, 0.6) is 0 Å². The Morgan fingerprint density at radius 2 is 1.64 bits per heavy atom. The van der Waals surface area contributed by atoms with E-state index in [0.29, 0.717) is 11.1 Å². The first kappa shape index (κ1) is 21.1. The van der Waals surface area contributed by atoms with Crippen molar-refractivity contribution in [3.05, 3.63) is 28.8 Å². The van der Waals surface area contributed by atoms with Crippen LogP contribution >= 0.6 is 0 Å². The second-order valence-corrected chi connectivity index (χ2v) is 8.06. The Kier molecular flexibility index (Phi) is 7.13. The van der Waals surface area contributed by atoms with Gasteiger partial charge in [-0.05, 0) is 45.7 Å². The van der Waals surface area contributed by atoms with Gasteiger partial charge < -0.3 is 10.4 Å². The number of carbonyl (C=O) groups excluding carboxylic acids is 1. The smallest absolute Gasteiger partial charge is 0.308 e. The molecule has 8 heteroatoms. The second kappa shape index (κ2) is 8.44. The Bertz CT molecular complexity index is 735. The first-order valence-corrected chi connectivity index (χ1v) is 9.53. The van der Waals surface area contributed by atoms with Gasteiger partial charge in [-0.2, -0.15) is 0 Å². The summed E-state index contributed by atoms with van der Waals surface area (Å²) >= 11 is 0. The van der Waals surface area contributed by atoms with Crippen molar-refractivity contribution in [1.82, 2.24) is 10.0 Å². The van der Waals surface area contributed by atoms with Crippen molar-refractivity contribution < 1.29 is 23.1 Å². The highest BCUT2D eigenvalue weighted by atomic mass is 32.2. The van der Waals surface area contributed by atoms with Gasteiger partial charge in [0.2, 0.25) is 15.9 Å². The predicted molar refractivity (Wildman–Crippen MR) is 94.9 cm³/mol. The topological polar surface area (TPSA) is 113 Å². The third kappa shape index (κ3) is 5.82. The van der Waals surface area contributed by atoms with Crippen molar-refractivity contribution in [2.75, 3.05) is 6.54 Å². The molecular formula is C17H26N2O5S. The molecule has 0 saturated heterocycles. The Morgan fingerprint density at radius 1 is 1.12 bits per heavy atom. The van der Waals surface area contributed by atoms with Crippen molar-refractivity contribution in [2.24, 2.45) is 5.92 Å². The lowest BCUT2D eigenvalue weighted by atomic mass is 10.0. The van der Waals surface area contributed by atoms with Gasteiger partial charge in [-0.1, -0.05) is 17.7 Å². The number of sulfonamides is 1. The molecule has 1 amide bonds. The Morgan fingerprint density at radius 3 is 2.12 bits per heavy atom. The summed E-state index contributed by atoms with van der Waals surface area (Å²) in [5.74, 6) is -2.13. The van der Waals surface area contributed by atoms with Gasteiger partial charge in [0.1, 0.15) is 0 Å². The lowest BCUT2D eigenvalue weighted by Crippen LogP contribution is -2.41. The van der Waals surface area contributed by atoms with Gasteiger partial charge in [0.05, 0.1) is 10.8 Å². The summed E-state index contributed by atoms with van der Waals surface area (Å²) in [6.45, 7) is 8.40. The summed E-state index contributed by atoms with van der Waals surface area (Å²) in [6.07, 6.45) is -0.0696. The fourth-order valence-electron chi connectivity index (χ4n) is 2.63. The van der Waals surface area contributed by atoms with E-state index in [1.165, 1.54) is 6.92 Å². The molecule has 0 saturated carbocycles. The normalized spacial score (nSPS) is 14.0. The van der Waals surface area contributed by atoms with Crippen molar-refractivity contribution in [3.63, 3.8) is 0 Å². The maximum Gasteiger partial charge on any atom is 0.308 e. The zero-order chi connectivity index (χ0) is 19.4. The van der Waals surface area contributed by atoms with Crippen LogP contribution in [0.4, 0.5) is 0 Å². The minimum Gasteiger partial charge on any atom is -0.481 e. The molecule has 1 aromatic rings. The molecule has 0 radical (unpaired) electrons. The average molecular weight is 370 g/mol. The van der Waals surface area contributed by atoms with Crippen LogP contribution in [0.1, 0.15) is 37.0 Å². The number of aryl methyl sites for hydroxylation is 3. The van der Waals surface area contributed by atoms with E-state index in [4.69, 9.17) is 5.11 Å². The quantitative estimate of drug-likeness (QED) is 0.642. The van der Waals surface area contributed by atoms with Crippen LogP contribution < -0.4 is 10.0 Å². The molecule has 1 rings (SSSR count). The number of carbonyl (C=O) groups is 2. The molecule has 0 aliphatic rings. The summed E-state index contributed by atoms with van der Waals surface area (Å²) in [5, 5.41) is 11.5. The number of benzene rings is 1. The Labute approximate surface area is 148 Å². The molecule has 7 nitrogen and oxygen atoms in total. The number of aliphatic carboxylic acids is 1. The maximum atomic E-state index is 12.5. The molecule has 0 spiro atoms. The standard InChI is InChI=1S/C17H26N2O5S/c1-10-8-11(2)16(12(3)9-10)25(23,24)18-7-6-15(20)19-14(5)13(4)17(21)22/h8-9,13-14,18H,6-7H2,1-5H3,(H,19,20)(H,21,22). The van der Waals surface area contributed by atoms with Crippen molar-refractivity contribution in [2.45, 2.75) is 52.0 Å². The van der Waals surface area contributed by atoms with Crippen molar-refractivity contribution >= 4 is 21.9 Å². The monoisotopic (exact) mass is 370 g/mol. The first-order chi connectivity index (χ1) is 11.5. The number of hydrogen-bond acceptors (Lipinski definition) is 4. The highest BCUT2D eigenvalue weighted by Crippen LogP contribution is 2.21. The maximum absolute atomic E-state index is 12.5. The molecule has 0 fully saturated rings. The Balaban J connectivity index is 2.66. The zero-order valence-corrected chi connectivity index (χ0v) is 16.0. The summed E-state index contributed by atoms with van der Waals surface area (Å²) < 4.78 is 27.4. The van der Waals surface area contributed by atoms with Gasteiger partial charge >= 0.3 is 5.97 Å². The van der Waals surface area contributed by atoms with Crippen molar-refractivity contribution in [3.8, 4) is 0 Å². The fraction of sp³-hybridized carbons (Fsp3) is 0.529. The minimum atomic E-state index is -3.72. The SMILES string of the molecule is Cc1cc(C)c(S(=O)(=O)NCCC(=O)NC(C)C(C)C(=O)O)c(C)c1. The molecule has 3 N–H and O–H groups in total. The molecule has 0 bridgehead atoms. The van der Waals surface area contributed by atoms with Gasteiger partial charge in [0, 0.05) is 19.0 Å². The van der Waals surface area contributed by atoms with E-state index in [2.05, 4.69) is 10.0 Å². The first-order valence-electron chi connectivity index (χ1n) is 8.05. The van der Waals surface area contributed by atoms with E-state index in [0.717, 1.165) is 5.56 Å². The zero-order valence-electron chi connectivity index (χ0n) is 15.2. The Hall–Kier alpha value is -1.93. The average Bonchev–Trinajstić information content (AvgIpc) is 2.44. The number of nitrogens with one attached hydrogen (secondary N) is 2. The lowest BCUT2D eigenvalue weighted by Gasteiger charge is -2.18. The van der Waals surface area contributed by atoms with Gasteiger partial charge in [-0.25, -0.2) is 13.1 Å². The summed E-state index contributed by atoms with van der Waals surface area (Å²) in [7, 11) is -3.72. The molecule has 0 aromatic heterocycles. The summed E-state index contributed by atoms with van der Waals surface area (Å²) in [5.41, 5.74) is 2.28. The van der Waals surface area contributed by atoms with Crippen LogP contribution in [-0.2, 0) is 19.6 Å². The molecule has 2 unspecified atom stereocenters. The molecule has 25 heavy (non-hydrogen) atoms. The molecule has 0 aliphatic heterocycles. The summed E-state index contributed by atoms with van der Waals surface area (Å²) in [6, 6.07) is 3.05. The molecule has 0 heterocycles. The van der Waals surface area contributed by atoms with E-state index in [9.17, 15) is 18.0 Å². The van der Waals surface area contributed by atoms with Gasteiger partial charge in [0.15, 0.2) is 0 Å². The van der Waals surface area contributed by atoms with Crippen LogP contribution in [0.15, 0.2) is 17.0 Å². The molecule has 140 valence electrons.